The van der Waals surface area contributed by atoms with Gasteiger partial charge in [-0.25, -0.2) is 0 Å². The second-order valence-electron chi connectivity index (χ2n) is 6.70. The molecule has 5 nitrogen and oxygen atoms in total. The van der Waals surface area contributed by atoms with Gasteiger partial charge in [0.05, 0.1) is 6.61 Å². The third kappa shape index (κ3) is 6.12. The molecule has 2 aromatic rings. The Morgan fingerprint density at radius 1 is 0.893 bits per heavy atom. The number of nitrogens with one attached hydrogen (secondary N) is 1. The summed E-state index contributed by atoms with van der Waals surface area (Å²) in [4.78, 5) is 27.2. The lowest BCUT2D eigenvalue weighted by Crippen LogP contribution is -2.32. The third-order valence-electron chi connectivity index (χ3n) is 4.21. The first-order chi connectivity index (χ1) is 13.6. The third-order valence-corrected chi connectivity index (χ3v) is 4.21. The molecule has 0 heterocycles. The summed E-state index contributed by atoms with van der Waals surface area (Å²) in [5.41, 5.74) is 1.70. The molecule has 0 spiro atoms. The number of anilines is 1. The number of ether oxygens (including phenoxy) is 1. The van der Waals surface area contributed by atoms with Gasteiger partial charge in [0.15, 0.2) is 0 Å². The van der Waals surface area contributed by atoms with Crippen LogP contribution in [0.25, 0.3) is 0 Å². The molecule has 0 atom stereocenters. The van der Waals surface area contributed by atoms with Crippen molar-refractivity contribution < 1.29 is 14.3 Å². The molecule has 0 aliphatic heterocycles. The van der Waals surface area contributed by atoms with E-state index in [1.54, 1.807) is 42.5 Å². The Balaban J connectivity index is 2.11. The van der Waals surface area contributed by atoms with E-state index in [1.807, 2.05) is 17.9 Å². The fourth-order valence-electron chi connectivity index (χ4n) is 2.92. The Morgan fingerprint density at radius 3 is 2.25 bits per heavy atom. The Labute approximate surface area is 167 Å². The average molecular weight is 383 g/mol. The van der Waals surface area contributed by atoms with E-state index in [0.717, 1.165) is 32.4 Å². The lowest BCUT2D eigenvalue weighted by Gasteiger charge is -2.21. The van der Waals surface area contributed by atoms with Crippen molar-refractivity contribution in [2.24, 2.45) is 0 Å². The highest BCUT2D eigenvalue weighted by Gasteiger charge is 2.15. The van der Waals surface area contributed by atoms with Crippen LogP contribution in [0, 0.1) is 0 Å². The maximum absolute atomic E-state index is 12.8. The van der Waals surface area contributed by atoms with Crippen molar-refractivity contribution in [1.29, 1.82) is 0 Å². The van der Waals surface area contributed by atoms with Gasteiger partial charge < -0.3 is 15.0 Å². The lowest BCUT2D eigenvalue weighted by molar-refractivity contribution is 0.0755. The van der Waals surface area contributed by atoms with Gasteiger partial charge in [0.2, 0.25) is 0 Å². The van der Waals surface area contributed by atoms with E-state index in [4.69, 9.17) is 4.74 Å². The minimum atomic E-state index is -0.231. The van der Waals surface area contributed by atoms with Crippen LogP contribution in [0.2, 0.25) is 0 Å². The lowest BCUT2D eigenvalue weighted by atomic mass is 10.1. The zero-order chi connectivity index (χ0) is 20.4. The summed E-state index contributed by atoms with van der Waals surface area (Å²) in [5.74, 6) is 0.438. The summed E-state index contributed by atoms with van der Waals surface area (Å²) in [6, 6.07) is 14.2. The van der Waals surface area contributed by atoms with E-state index in [-0.39, 0.29) is 11.8 Å². The van der Waals surface area contributed by atoms with E-state index in [0.29, 0.717) is 29.2 Å². The second kappa shape index (κ2) is 11.1. The average Bonchev–Trinajstić information content (AvgIpc) is 2.72. The fourth-order valence-corrected chi connectivity index (χ4v) is 2.92. The standard InChI is InChI=1S/C23H30N2O3/c1-4-13-25(14-5-2)23(27)19-10-7-11-20(16-19)24-22(26)18-9-8-12-21(17-18)28-15-6-3/h7-12,16-17H,4-6,13-15H2,1-3H3,(H,24,26). The van der Waals surface area contributed by atoms with Crippen LogP contribution in [0.3, 0.4) is 0 Å². The number of hydrogen-bond acceptors (Lipinski definition) is 3. The zero-order valence-corrected chi connectivity index (χ0v) is 17.0. The van der Waals surface area contributed by atoms with Crippen molar-refractivity contribution >= 4 is 17.5 Å². The molecule has 0 unspecified atom stereocenters. The van der Waals surface area contributed by atoms with E-state index in [1.165, 1.54) is 0 Å². The predicted octanol–water partition coefficient (Wildman–Crippen LogP) is 4.99. The van der Waals surface area contributed by atoms with Crippen molar-refractivity contribution in [1.82, 2.24) is 4.90 Å². The number of hydrogen-bond donors (Lipinski definition) is 1. The van der Waals surface area contributed by atoms with Crippen LogP contribution in [0.5, 0.6) is 5.75 Å². The molecule has 28 heavy (non-hydrogen) atoms. The van der Waals surface area contributed by atoms with E-state index >= 15 is 0 Å². The molecule has 2 rings (SSSR count). The van der Waals surface area contributed by atoms with Crippen molar-refractivity contribution in [3.63, 3.8) is 0 Å². The van der Waals surface area contributed by atoms with Crippen molar-refractivity contribution in [2.75, 3.05) is 25.0 Å². The number of nitrogens with zero attached hydrogens (tertiary/aromatic N) is 1. The predicted molar refractivity (Wildman–Crippen MR) is 113 cm³/mol. The first kappa shape index (κ1) is 21.5. The normalized spacial score (nSPS) is 10.4. The van der Waals surface area contributed by atoms with Crippen LogP contribution in [0.1, 0.15) is 60.7 Å². The molecule has 2 amide bonds. The van der Waals surface area contributed by atoms with E-state index in [9.17, 15) is 9.59 Å². The first-order valence-electron chi connectivity index (χ1n) is 10.0. The van der Waals surface area contributed by atoms with Crippen molar-refractivity contribution in [3.8, 4) is 5.75 Å². The summed E-state index contributed by atoms with van der Waals surface area (Å²) < 4.78 is 5.59. The van der Waals surface area contributed by atoms with Gasteiger partial charge in [-0.3, -0.25) is 9.59 Å². The number of carbonyl (C=O) groups excluding carboxylic acids is 2. The molecule has 0 aliphatic carbocycles. The molecular weight excluding hydrogens is 352 g/mol. The summed E-state index contributed by atoms with van der Waals surface area (Å²) >= 11 is 0. The number of amides is 2. The van der Waals surface area contributed by atoms with Crippen molar-refractivity contribution in [3.05, 3.63) is 59.7 Å². The van der Waals surface area contributed by atoms with Crippen LogP contribution in [0.15, 0.2) is 48.5 Å². The summed E-state index contributed by atoms with van der Waals surface area (Å²) in [7, 11) is 0. The van der Waals surface area contributed by atoms with Crippen LogP contribution in [0.4, 0.5) is 5.69 Å². The Bertz CT molecular complexity index is 783. The first-order valence-corrected chi connectivity index (χ1v) is 10.0. The minimum absolute atomic E-state index is 0.00485. The van der Waals surface area contributed by atoms with Crippen LogP contribution >= 0.6 is 0 Å². The quantitative estimate of drug-likeness (QED) is 0.630. The maximum Gasteiger partial charge on any atom is 0.255 e. The van der Waals surface area contributed by atoms with Crippen LogP contribution in [-0.2, 0) is 0 Å². The molecule has 0 aliphatic rings. The fraction of sp³-hybridized carbons (Fsp3) is 0.391. The molecule has 0 bridgehead atoms. The molecule has 0 saturated heterocycles. The van der Waals surface area contributed by atoms with Gasteiger partial charge in [-0.1, -0.05) is 32.9 Å². The molecule has 0 saturated carbocycles. The van der Waals surface area contributed by atoms with Gasteiger partial charge in [0, 0.05) is 29.9 Å². The summed E-state index contributed by atoms with van der Waals surface area (Å²) in [6.45, 7) is 8.23. The van der Waals surface area contributed by atoms with Gasteiger partial charge in [-0.05, 0) is 55.7 Å². The van der Waals surface area contributed by atoms with Gasteiger partial charge in [0.1, 0.15) is 5.75 Å². The Morgan fingerprint density at radius 2 is 1.57 bits per heavy atom. The highest BCUT2D eigenvalue weighted by molar-refractivity contribution is 6.05. The Kier molecular flexibility index (Phi) is 8.53. The molecule has 1 N–H and O–H groups in total. The maximum atomic E-state index is 12.8. The highest BCUT2D eigenvalue weighted by Crippen LogP contribution is 2.17. The summed E-state index contributed by atoms with van der Waals surface area (Å²) in [5, 5.41) is 2.87. The van der Waals surface area contributed by atoms with Gasteiger partial charge >= 0.3 is 0 Å². The Hall–Kier alpha value is -2.82. The molecule has 0 radical (unpaired) electrons. The number of benzene rings is 2. The van der Waals surface area contributed by atoms with Crippen molar-refractivity contribution in [2.45, 2.75) is 40.0 Å². The van der Waals surface area contributed by atoms with Gasteiger partial charge in [0.25, 0.3) is 11.8 Å². The summed E-state index contributed by atoms with van der Waals surface area (Å²) in [6.07, 6.45) is 2.74. The molecule has 150 valence electrons. The zero-order valence-electron chi connectivity index (χ0n) is 17.0. The van der Waals surface area contributed by atoms with E-state index in [2.05, 4.69) is 19.2 Å². The smallest absolute Gasteiger partial charge is 0.255 e. The van der Waals surface area contributed by atoms with Crippen LogP contribution in [-0.4, -0.2) is 36.4 Å². The molecule has 2 aromatic carbocycles. The molecular formula is C23H30N2O3. The number of rotatable bonds is 10. The number of carbonyl (C=O) groups is 2. The topological polar surface area (TPSA) is 58.6 Å². The molecule has 5 heteroatoms. The minimum Gasteiger partial charge on any atom is -0.494 e. The van der Waals surface area contributed by atoms with Gasteiger partial charge in [-0.15, -0.1) is 0 Å². The monoisotopic (exact) mass is 382 g/mol. The van der Waals surface area contributed by atoms with Crippen LogP contribution < -0.4 is 10.1 Å². The largest absolute Gasteiger partial charge is 0.494 e. The second-order valence-corrected chi connectivity index (χ2v) is 6.70. The molecule has 0 fully saturated rings. The molecule has 0 aromatic heterocycles. The SMILES string of the molecule is CCCOc1cccc(C(=O)Nc2cccc(C(=O)N(CCC)CCC)c2)c1. The van der Waals surface area contributed by atoms with E-state index < -0.39 is 0 Å². The highest BCUT2D eigenvalue weighted by atomic mass is 16.5. The van der Waals surface area contributed by atoms with Gasteiger partial charge in [-0.2, -0.15) is 0 Å².